The second kappa shape index (κ2) is 10.3. The summed E-state index contributed by atoms with van der Waals surface area (Å²) in [7, 11) is 0. The number of anilines is 1. The van der Waals surface area contributed by atoms with Gasteiger partial charge < -0.3 is 25.4 Å². The van der Waals surface area contributed by atoms with E-state index in [4.69, 9.17) is 4.74 Å². The van der Waals surface area contributed by atoms with Crippen molar-refractivity contribution in [3.8, 4) is 0 Å². The fraction of sp³-hybridized carbons (Fsp3) is 0.435. The summed E-state index contributed by atoms with van der Waals surface area (Å²) in [5.41, 5.74) is 2.28. The summed E-state index contributed by atoms with van der Waals surface area (Å²) < 4.78 is 5.42. The van der Waals surface area contributed by atoms with Gasteiger partial charge in [0.15, 0.2) is 5.96 Å². The Morgan fingerprint density at radius 2 is 1.76 bits per heavy atom. The van der Waals surface area contributed by atoms with Crippen molar-refractivity contribution in [1.29, 1.82) is 0 Å². The van der Waals surface area contributed by atoms with Crippen LogP contribution in [0.5, 0.6) is 0 Å². The van der Waals surface area contributed by atoms with Crippen LogP contribution in [0.1, 0.15) is 25.0 Å². The number of hydrogen-bond acceptors (Lipinski definition) is 4. The fourth-order valence-electron chi connectivity index (χ4n) is 3.30. The average Bonchev–Trinajstić information content (AvgIpc) is 2.77. The van der Waals surface area contributed by atoms with Gasteiger partial charge in [-0.15, -0.1) is 0 Å². The number of benzene rings is 2. The number of aliphatic imine (C=N–C) groups is 1. The van der Waals surface area contributed by atoms with Gasteiger partial charge in [-0.05, 0) is 37.1 Å². The molecule has 2 aromatic carbocycles. The van der Waals surface area contributed by atoms with Crippen molar-refractivity contribution in [3.63, 3.8) is 0 Å². The van der Waals surface area contributed by atoms with Crippen molar-refractivity contribution in [1.82, 2.24) is 10.6 Å². The molecule has 1 saturated heterocycles. The SMILES string of the molecule is CCNC(=NCc1ccc(N2CCOCC2)cc1)NCC(C)(O)c1ccccc1. The first-order chi connectivity index (χ1) is 14.1. The van der Waals surface area contributed by atoms with Crippen LogP contribution in [0.15, 0.2) is 59.6 Å². The molecule has 0 amide bonds. The highest BCUT2D eigenvalue weighted by Gasteiger charge is 2.22. The number of aliphatic hydroxyl groups is 1. The lowest BCUT2D eigenvalue weighted by molar-refractivity contribution is 0.0617. The summed E-state index contributed by atoms with van der Waals surface area (Å²) >= 11 is 0. The summed E-state index contributed by atoms with van der Waals surface area (Å²) in [5.74, 6) is 0.695. The molecule has 1 heterocycles. The first-order valence-corrected chi connectivity index (χ1v) is 10.3. The van der Waals surface area contributed by atoms with Crippen LogP contribution in [0.3, 0.4) is 0 Å². The molecule has 29 heavy (non-hydrogen) atoms. The minimum atomic E-state index is -0.975. The van der Waals surface area contributed by atoms with E-state index in [9.17, 15) is 5.11 Å². The van der Waals surface area contributed by atoms with Crippen LogP contribution in [0.2, 0.25) is 0 Å². The molecule has 3 rings (SSSR count). The van der Waals surface area contributed by atoms with E-state index in [0.29, 0.717) is 19.0 Å². The van der Waals surface area contributed by atoms with Crippen LogP contribution in [0.25, 0.3) is 0 Å². The standard InChI is InChI=1S/C23H32N4O2/c1-3-24-22(26-18-23(2,28)20-7-5-4-6-8-20)25-17-19-9-11-21(12-10-19)27-13-15-29-16-14-27/h4-12,28H,3,13-18H2,1-2H3,(H2,24,25,26). The Hall–Kier alpha value is -2.57. The van der Waals surface area contributed by atoms with Crippen LogP contribution in [0, 0.1) is 0 Å². The second-order valence-corrected chi connectivity index (χ2v) is 7.45. The molecule has 156 valence electrons. The van der Waals surface area contributed by atoms with Crippen molar-refractivity contribution in [2.45, 2.75) is 26.0 Å². The van der Waals surface area contributed by atoms with Crippen molar-refractivity contribution in [2.24, 2.45) is 4.99 Å². The van der Waals surface area contributed by atoms with Gasteiger partial charge in [-0.2, -0.15) is 0 Å². The molecule has 0 bridgehead atoms. The Bertz CT molecular complexity index is 769. The summed E-state index contributed by atoms with van der Waals surface area (Å²) in [6.45, 7) is 9.00. The quantitative estimate of drug-likeness (QED) is 0.496. The lowest BCUT2D eigenvalue weighted by atomic mass is 9.96. The van der Waals surface area contributed by atoms with E-state index in [1.54, 1.807) is 0 Å². The van der Waals surface area contributed by atoms with Gasteiger partial charge in [0.25, 0.3) is 0 Å². The summed E-state index contributed by atoms with van der Waals surface area (Å²) in [6.07, 6.45) is 0. The Morgan fingerprint density at radius 1 is 1.07 bits per heavy atom. The number of nitrogens with zero attached hydrogens (tertiary/aromatic N) is 2. The van der Waals surface area contributed by atoms with Gasteiger partial charge in [0.05, 0.1) is 26.3 Å². The van der Waals surface area contributed by atoms with Crippen LogP contribution >= 0.6 is 0 Å². The molecule has 3 N–H and O–H groups in total. The molecule has 0 aromatic heterocycles. The third-order valence-electron chi connectivity index (χ3n) is 5.07. The van der Waals surface area contributed by atoms with Gasteiger partial charge in [0, 0.05) is 25.3 Å². The topological polar surface area (TPSA) is 69.1 Å². The van der Waals surface area contributed by atoms with Gasteiger partial charge in [0.1, 0.15) is 5.60 Å². The van der Waals surface area contributed by atoms with Crippen molar-refractivity contribution in [3.05, 3.63) is 65.7 Å². The lowest BCUT2D eigenvalue weighted by Crippen LogP contribution is -2.44. The van der Waals surface area contributed by atoms with Crippen LogP contribution in [-0.4, -0.2) is 50.5 Å². The van der Waals surface area contributed by atoms with E-state index >= 15 is 0 Å². The van der Waals surface area contributed by atoms with Crippen molar-refractivity contribution in [2.75, 3.05) is 44.3 Å². The number of rotatable bonds is 7. The van der Waals surface area contributed by atoms with E-state index in [1.165, 1.54) is 5.69 Å². The van der Waals surface area contributed by atoms with Crippen LogP contribution < -0.4 is 15.5 Å². The highest BCUT2D eigenvalue weighted by Crippen LogP contribution is 2.19. The molecular weight excluding hydrogens is 364 g/mol. The minimum Gasteiger partial charge on any atom is -0.384 e. The zero-order valence-electron chi connectivity index (χ0n) is 17.4. The average molecular weight is 397 g/mol. The zero-order chi connectivity index (χ0) is 20.5. The maximum atomic E-state index is 10.8. The molecule has 1 atom stereocenters. The largest absolute Gasteiger partial charge is 0.384 e. The molecule has 0 spiro atoms. The molecule has 0 radical (unpaired) electrons. The van der Waals surface area contributed by atoms with Crippen molar-refractivity contribution >= 4 is 11.6 Å². The number of ether oxygens (including phenoxy) is 1. The Kier molecular flexibility index (Phi) is 7.49. The maximum absolute atomic E-state index is 10.8. The van der Waals surface area contributed by atoms with Gasteiger partial charge in [-0.1, -0.05) is 42.5 Å². The molecule has 0 saturated carbocycles. The fourth-order valence-corrected chi connectivity index (χ4v) is 3.30. The number of nitrogens with one attached hydrogen (secondary N) is 2. The number of hydrogen-bond donors (Lipinski definition) is 3. The first-order valence-electron chi connectivity index (χ1n) is 10.3. The number of morpholine rings is 1. The van der Waals surface area contributed by atoms with E-state index in [-0.39, 0.29) is 0 Å². The molecule has 1 aliphatic rings. The molecule has 1 aliphatic heterocycles. The van der Waals surface area contributed by atoms with E-state index in [0.717, 1.165) is 44.0 Å². The smallest absolute Gasteiger partial charge is 0.191 e. The molecule has 0 aliphatic carbocycles. The Labute approximate surface area is 173 Å². The summed E-state index contributed by atoms with van der Waals surface area (Å²) in [5, 5.41) is 17.3. The monoisotopic (exact) mass is 396 g/mol. The highest BCUT2D eigenvalue weighted by atomic mass is 16.5. The van der Waals surface area contributed by atoms with Gasteiger partial charge >= 0.3 is 0 Å². The molecule has 1 fully saturated rings. The summed E-state index contributed by atoms with van der Waals surface area (Å²) in [6, 6.07) is 18.2. The van der Waals surface area contributed by atoms with E-state index in [1.807, 2.05) is 44.2 Å². The highest BCUT2D eigenvalue weighted by molar-refractivity contribution is 5.79. The van der Waals surface area contributed by atoms with Crippen LogP contribution in [-0.2, 0) is 16.9 Å². The predicted molar refractivity (Wildman–Crippen MR) is 118 cm³/mol. The lowest BCUT2D eigenvalue weighted by Gasteiger charge is -2.28. The zero-order valence-corrected chi connectivity index (χ0v) is 17.4. The van der Waals surface area contributed by atoms with E-state index < -0.39 is 5.60 Å². The summed E-state index contributed by atoms with van der Waals surface area (Å²) in [4.78, 5) is 7.01. The minimum absolute atomic E-state index is 0.374. The molecule has 2 aromatic rings. The second-order valence-electron chi connectivity index (χ2n) is 7.45. The predicted octanol–water partition coefficient (Wildman–Crippen LogP) is 2.49. The van der Waals surface area contributed by atoms with Crippen molar-refractivity contribution < 1.29 is 9.84 Å². The van der Waals surface area contributed by atoms with Gasteiger partial charge in [-0.3, -0.25) is 0 Å². The number of guanidine groups is 1. The van der Waals surface area contributed by atoms with Gasteiger partial charge in [-0.25, -0.2) is 4.99 Å². The molecule has 6 heteroatoms. The third-order valence-corrected chi connectivity index (χ3v) is 5.07. The third kappa shape index (κ3) is 6.21. The normalized spacial score (nSPS) is 16.9. The molecular formula is C23H32N4O2. The maximum Gasteiger partial charge on any atom is 0.191 e. The van der Waals surface area contributed by atoms with Gasteiger partial charge in [0.2, 0.25) is 0 Å². The molecule has 1 unspecified atom stereocenters. The first kappa shape index (κ1) is 21.1. The Balaban J connectivity index is 1.58. The van der Waals surface area contributed by atoms with E-state index in [2.05, 4.69) is 44.8 Å². The van der Waals surface area contributed by atoms with Crippen LogP contribution in [0.4, 0.5) is 5.69 Å². The Morgan fingerprint density at radius 3 is 2.41 bits per heavy atom. The molecule has 6 nitrogen and oxygen atoms in total.